The number of hydrogen-bond acceptors (Lipinski definition) is 6. The Morgan fingerprint density at radius 1 is 1.04 bits per heavy atom. The Kier molecular flexibility index (Phi) is 5.54. The lowest BCUT2D eigenvalue weighted by Gasteiger charge is -2.12. The lowest BCUT2D eigenvalue weighted by atomic mass is 9.92. The summed E-state index contributed by atoms with van der Waals surface area (Å²) in [4.78, 5) is 12.2. The van der Waals surface area contributed by atoms with Gasteiger partial charge in [0.1, 0.15) is 0 Å². The molecule has 1 N–H and O–H groups in total. The fourth-order valence-electron chi connectivity index (χ4n) is 3.12. The van der Waals surface area contributed by atoms with Gasteiger partial charge in [-0.15, -0.1) is 0 Å². The minimum atomic E-state index is -0.326. The summed E-state index contributed by atoms with van der Waals surface area (Å²) in [6.45, 7) is 0.328. The van der Waals surface area contributed by atoms with E-state index in [0.717, 1.165) is 11.1 Å². The Morgan fingerprint density at radius 2 is 1.78 bits per heavy atom. The molecule has 0 unspecified atom stereocenters. The number of ether oxygens (including phenoxy) is 4. The standard InChI is InChI=1S/C21H22O6/c1-24-18-7-5-13(11-20(18)26-3)8-15-12-27-21(23)16(15)9-14-4-6-17(22)19(10-14)25-2/h4-7,9-11,15,22H,8,12H2,1-3H3/t15-/m1/s1. The Hall–Kier alpha value is -3.15. The largest absolute Gasteiger partial charge is 0.504 e. The number of cyclic esters (lactones) is 1. The van der Waals surface area contributed by atoms with Crippen molar-refractivity contribution in [2.75, 3.05) is 27.9 Å². The molecule has 0 spiro atoms. The second kappa shape index (κ2) is 8.03. The van der Waals surface area contributed by atoms with Crippen LogP contribution in [0.1, 0.15) is 11.1 Å². The van der Waals surface area contributed by atoms with Crippen molar-refractivity contribution < 1.29 is 28.8 Å². The topological polar surface area (TPSA) is 74.2 Å². The summed E-state index contributed by atoms with van der Waals surface area (Å²) >= 11 is 0. The quantitative estimate of drug-likeness (QED) is 0.622. The summed E-state index contributed by atoms with van der Waals surface area (Å²) in [5.41, 5.74) is 2.37. The van der Waals surface area contributed by atoms with Crippen LogP contribution in [0.15, 0.2) is 42.0 Å². The molecule has 0 aromatic heterocycles. The van der Waals surface area contributed by atoms with E-state index < -0.39 is 0 Å². The van der Waals surface area contributed by atoms with Crippen molar-refractivity contribution in [2.45, 2.75) is 6.42 Å². The summed E-state index contributed by atoms with van der Waals surface area (Å²) in [5.74, 6) is 1.31. The second-order valence-corrected chi connectivity index (χ2v) is 6.22. The number of phenolic OH excluding ortho intramolecular Hbond substituents is 1. The first kappa shape index (κ1) is 18.6. The Labute approximate surface area is 157 Å². The van der Waals surface area contributed by atoms with Crippen molar-refractivity contribution in [3.8, 4) is 23.0 Å². The van der Waals surface area contributed by atoms with Crippen LogP contribution in [0.25, 0.3) is 6.08 Å². The molecule has 0 radical (unpaired) electrons. The van der Waals surface area contributed by atoms with Crippen molar-refractivity contribution >= 4 is 12.0 Å². The molecule has 0 bridgehead atoms. The molecule has 1 fully saturated rings. The highest BCUT2D eigenvalue weighted by Gasteiger charge is 2.30. The van der Waals surface area contributed by atoms with Gasteiger partial charge in [0.2, 0.25) is 0 Å². The molecular formula is C21H22O6. The third-order valence-electron chi connectivity index (χ3n) is 4.55. The van der Waals surface area contributed by atoms with Crippen LogP contribution in [0, 0.1) is 5.92 Å². The number of methoxy groups -OCH3 is 3. The summed E-state index contributed by atoms with van der Waals surface area (Å²) in [5, 5.41) is 9.73. The van der Waals surface area contributed by atoms with E-state index in [9.17, 15) is 9.90 Å². The molecule has 27 heavy (non-hydrogen) atoms. The van der Waals surface area contributed by atoms with Crippen LogP contribution in [0.2, 0.25) is 0 Å². The van der Waals surface area contributed by atoms with Gasteiger partial charge in [0.05, 0.1) is 27.9 Å². The SMILES string of the molecule is COc1cc(C=C2C(=O)OC[C@H]2Cc2ccc(OC)c(OC)c2)ccc1O. The molecule has 6 heteroatoms. The van der Waals surface area contributed by atoms with Gasteiger partial charge in [0, 0.05) is 11.5 Å². The summed E-state index contributed by atoms with van der Waals surface area (Å²) in [6.07, 6.45) is 2.41. The summed E-state index contributed by atoms with van der Waals surface area (Å²) in [6, 6.07) is 10.6. The number of esters is 1. The van der Waals surface area contributed by atoms with Gasteiger partial charge >= 0.3 is 5.97 Å². The summed E-state index contributed by atoms with van der Waals surface area (Å²) < 4.78 is 21.0. The van der Waals surface area contributed by atoms with Crippen LogP contribution in [0.4, 0.5) is 0 Å². The third-order valence-corrected chi connectivity index (χ3v) is 4.55. The van der Waals surface area contributed by atoms with E-state index in [0.29, 0.717) is 35.8 Å². The van der Waals surface area contributed by atoms with Crippen molar-refractivity contribution in [1.29, 1.82) is 0 Å². The predicted molar refractivity (Wildman–Crippen MR) is 100 cm³/mol. The lowest BCUT2D eigenvalue weighted by molar-refractivity contribution is -0.135. The molecular weight excluding hydrogens is 348 g/mol. The maximum absolute atomic E-state index is 12.2. The number of carbonyl (C=O) groups excluding carboxylic acids is 1. The summed E-state index contributed by atoms with van der Waals surface area (Å²) in [7, 11) is 4.66. The van der Waals surface area contributed by atoms with Gasteiger partial charge in [-0.25, -0.2) is 4.79 Å². The number of carbonyl (C=O) groups is 1. The van der Waals surface area contributed by atoms with Crippen LogP contribution < -0.4 is 14.2 Å². The number of rotatable bonds is 6. The van der Waals surface area contributed by atoms with Gasteiger partial charge in [-0.2, -0.15) is 0 Å². The first-order valence-electron chi connectivity index (χ1n) is 8.52. The minimum Gasteiger partial charge on any atom is -0.504 e. The molecule has 1 aliphatic heterocycles. The van der Waals surface area contributed by atoms with Gasteiger partial charge < -0.3 is 24.1 Å². The zero-order valence-electron chi connectivity index (χ0n) is 15.5. The Morgan fingerprint density at radius 3 is 2.48 bits per heavy atom. The maximum atomic E-state index is 12.2. The van der Waals surface area contributed by atoms with Gasteiger partial charge in [-0.3, -0.25) is 0 Å². The minimum absolute atomic E-state index is 0.0514. The van der Waals surface area contributed by atoms with Crippen molar-refractivity contribution in [2.24, 2.45) is 5.92 Å². The zero-order chi connectivity index (χ0) is 19.4. The molecule has 3 rings (SSSR count). The van der Waals surface area contributed by atoms with E-state index in [4.69, 9.17) is 18.9 Å². The van der Waals surface area contributed by atoms with Crippen molar-refractivity contribution in [1.82, 2.24) is 0 Å². The van der Waals surface area contributed by atoms with E-state index in [1.807, 2.05) is 18.2 Å². The average molecular weight is 370 g/mol. The highest BCUT2D eigenvalue weighted by Crippen LogP contribution is 2.33. The fraction of sp³-hybridized carbons (Fsp3) is 0.286. The van der Waals surface area contributed by atoms with Crippen LogP contribution in [-0.2, 0) is 16.0 Å². The third kappa shape index (κ3) is 4.00. The van der Waals surface area contributed by atoms with Crippen LogP contribution in [0.3, 0.4) is 0 Å². The van der Waals surface area contributed by atoms with E-state index >= 15 is 0 Å². The first-order chi connectivity index (χ1) is 13.0. The smallest absolute Gasteiger partial charge is 0.334 e. The highest BCUT2D eigenvalue weighted by molar-refractivity contribution is 5.96. The highest BCUT2D eigenvalue weighted by atomic mass is 16.5. The molecule has 142 valence electrons. The van der Waals surface area contributed by atoms with Crippen molar-refractivity contribution in [3.63, 3.8) is 0 Å². The molecule has 1 aliphatic rings. The predicted octanol–water partition coefficient (Wildman–Crippen LogP) is 3.22. The fourth-order valence-corrected chi connectivity index (χ4v) is 3.12. The van der Waals surface area contributed by atoms with Crippen LogP contribution in [0.5, 0.6) is 23.0 Å². The number of aromatic hydroxyl groups is 1. The van der Waals surface area contributed by atoms with E-state index in [1.165, 1.54) is 13.2 Å². The van der Waals surface area contributed by atoms with Gasteiger partial charge in [0.25, 0.3) is 0 Å². The lowest BCUT2D eigenvalue weighted by Crippen LogP contribution is -2.08. The molecule has 2 aromatic rings. The molecule has 0 saturated carbocycles. The molecule has 1 saturated heterocycles. The van der Waals surface area contributed by atoms with E-state index in [2.05, 4.69) is 0 Å². The molecule has 0 amide bonds. The maximum Gasteiger partial charge on any atom is 0.334 e. The monoisotopic (exact) mass is 370 g/mol. The van der Waals surface area contributed by atoms with Crippen LogP contribution in [-0.4, -0.2) is 39.0 Å². The van der Waals surface area contributed by atoms with Gasteiger partial charge in [-0.05, 0) is 47.9 Å². The Bertz CT molecular complexity index is 871. The first-order valence-corrected chi connectivity index (χ1v) is 8.52. The van der Waals surface area contributed by atoms with Gasteiger partial charge in [0.15, 0.2) is 23.0 Å². The zero-order valence-corrected chi connectivity index (χ0v) is 15.5. The Balaban J connectivity index is 1.86. The van der Waals surface area contributed by atoms with E-state index in [1.54, 1.807) is 32.4 Å². The number of phenols is 1. The van der Waals surface area contributed by atoms with Gasteiger partial charge in [-0.1, -0.05) is 12.1 Å². The van der Waals surface area contributed by atoms with Crippen LogP contribution >= 0.6 is 0 Å². The molecule has 2 aromatic carbocycles. The number of benzene rings is 2. The molecule has 1 atom stereocenters. The second-order valence-electron chi connectivity index (χ2n) is 6.22. The molecule has 0 aliphatic carbocycles. The number of hydrogen-bond donors (Lipinski definition) is 1. The average Bonchev–Trinajstić information content (AvgIpc) is 3.02. The normalized spacial score (nSPS) is 17.7. The van der Waals surface area contributed by atoms with Crippen molar-refractivity contribution in [3.05, 3.63) is 53.1 Å². The van der Waals surface area contributed by atoms with E-state index in [-0.39, 0.29) is 17.6 Å². The molecule has 1 heterocycles. The molecule has 6 nitrogen and oxygen atoms in total.